The van der Waals surface area contributed by atoms with Crippen LogP contribution in [0.2, 0.25) is 0 Å². The molecule has 0 spiro atoms. The molecule has 0 aliphatic carbocycles. The van der Waals surface area contributed by atoms with Crippen LogP contribution in [0.4, 0.5) is 19.4 Å². The summed E-state index contributed by atoms with van der Waals surface area (Å²) in [6.07, 6.45) is 3.11. The van der Waals surface area contributed by atoms with Crippen molar-refractivity contribution in [1.82, 2.24) is 20.1 Å². The highest BCUT2D eigenvalue weighted by Crippen LogP contribution is 2.31. The quantitative estimate of drug-likeness (QED) is 0.270. The van der Waals surface area contributed by atoms with Crippen LogP contribution in [0.5, 0.6) is 0 Å². The van der Waals surface area contributed by atoms with Gasteiger partial charge in [0.1, 0.15) is 17.5 Å². The van der Waals surface area contributed by atoms with Crippen LogP contribution in [0.1, 0.15) is 64.1 Å². The minimum absolute atomic E-state index is 0.0850. The molecule has 13 heteroatoms. The second-order valence-electron chi connectivity index (χ2n) is 12.4. The van der Waals surface area contributed by atoms with E-state index in [1.165, 1.54) is 5.56 Å². The van der Waals surface area contributed by atoms with Gasteiger partial charge in [-0.1, -0.05) is 6.07 Å². The molecule has 2 atom stereocenters. The normalized spacial score (nSPS) is 18.9. The maximum atomic E-state index is 14.5. The monoisotopic (exact) mass is 611 g/mol. The second kappa shape index (κ2) is 15.6. The zero-order valence-corrected chi connectivity index (χ0v) is 25.8. The molecule has 242 valence electrons. The molecule has 1 aromatic heterocycles. The number of halogens is 2. The number of amides is 2. The first-order chi connectivity index (χ1) is 20.3. The number of rotatable bonds is 14. The average Bonchev–Trinajstić information content (AvgIpc) is 2.93. The Labute approximate surface area is 252 Å². The Morgan fingerprint density at radius 2 is 2.00 bits per heavy atom. The highest BCUT2D eigenvalue weighted by Gasteiger charge is 2.46. The van der Waals surface area contributed by atoms with Gasteiger partial charge in [0, 0.05) is 45.4 Å². The Morgan fingerprint density at radius 3 is 2.70 bits per heavy atom. The lowest BCUT2D eigenvalue weighted by atomic mass is 9.94. The van der Waals surface area contributed by atoms with Gasteiger partial charge < -0.3 is 35.0 Å². The first-order valence-corrected chi connectivity index (χ1v) is 15.1. The molecule has 1 aromatic rings. The molecule has 2 aliphatic heterocycles. The van der Waals surface area contributed by atoms with Gasteiger partial charge in [-0.05, 0) is 77.5 Å². The number of carboxylic acids is 1. The third-order valence-corrected chi connectivity index (χ3v) is 7.50. The molecular weight excluding hydrogens is 564 g/mol. The number of hydrogen-bond donors (Lipinski definition) is 3. The fourth-order valence-corrected chi connectivity index (χ4v) is 5.30. The van der Waals surface area contributed by atoms with Crippen molar-refractivity contribution < 1.29 is 37.7 Å². The van der Waals surface area contributed by atoms with Gasteiger partial charge in [-0.25, -0.2) is 23.4 Å². The van der Waals surface area contributed by atoms with E-state index in [2.05, 4.69) is 27.7 Å². The number of fused-ring (bicyclic) bond motifs is 1. The zero-order valence-electron chi connectivity index (χ0n) is 25.8. The van der Waals surface area contributed by atoms with Crippen LogP contribution in [-0.2, 0) is 31.9 Å². The maximum Gasteiger partial charge on any atom is 0.410 e. The number of unbranched alkanes of at least 4 members (excludes halogenated alkanes) is 1. The van der Waals surface area contributed by atoms with Crippen molar-refractivity contribution in [3.8, 4) is 0 Å². The summed E-state index contributed by atoms with van der Waals surface area (Å²) in [5, 5.41) is 15.6. The number of carbonyl (C=O) groups excluding carboxylic acids is 2. The van der Waals surface area contributed by atoms with Crippen molar-refractivity contribution in [2.45, 2.75) is 83.3 Å². The van der Waals surface area contributed by atoms with Gasteiger partial charge in [-0.3, -0.25) is 4.79 Å². The van der Waals surface area contributed by atoms with Crippen molar-refractivity contribution in [1.29, 1.82) is 0 Å². The van der Waals surface area contributed by atoms with E-state index in [4.69, 9.17) is 14.5 Å². The Hall–Kier alpha value is -3.06. The molecule has 0 aromatic carbocycles. The predicted molar refractivity (Wildman–Crippen MR) is 157 cm³/mol. The van der Waals surface area contributed by atoms with Crippen LogP contribution in [0.15, 0.2) is 12.1 Å². The molecule has 2 amide bonds. The van der Waals surface area contributed by atoms with Gasteiger partial charge in [0.15, 0.2) is 0 Å². The van der Waals surface area contributed by atoms with E-state index in [0.29, 0.717) is 26.2 Å². The van der Waals surface area contributed by atoms with Crippen molar-refractivity contribution >= 4 is 23.8 Å². The SMILES string of the molecule is COCCN(CCCCc1ccc2c(n1)NCCC2)CCC(NC(=O)C1CN(C(=O)OC(C)(C)C)CC(F)(F)C1)C(=O)O. The summed E-state index contributed by atoms with van der Waals surface area (Å²) in [6.45, 7) is 6.76. The smallest absolute Gasteiger partial charge is 0.410 e. The Morgan fingerprint density at radius 1 is 1.23 bits per heavy atom. The van der Waals surface area contributed by atoms with Crippen LogP contribution >= 0.6 is 0 Å². The first-order valence-electron chi connectivity index (χ1n) is 15.1. The van der Waals surface area contributed by atoms with Gasteiger partial charge in [0.25, 0.3) is 5.92 Å². The third kappa shape index (κ3) is 11.5. The number of piperidine rings is 1. The lowest BCUT2D eigenvalue weighted by molar-refractivity contribution is -0.145. The summed E-state index contributed by atoms with van der Waals surface area (Å²) in [5.74, 6) is -5.68. The molecule has 3 N–H and O–H groups in total. The number of anilines is 1. The number of aliphatic carboxylic acids is 1. The minimum Gasteiger partial charge on any atom is -0.480 e. The van der Waals surface area contributed by atoms with Gasteiger partial charge in [-0.2, -0.15) is 0 Å². The Balaban J connectivity index is 1.52. The molecule has 3 heterocycles. The minimum atomic E-state index is -3.31. The molecule has 11 nitrogen and oxygen atoms in total. The number of ether oxygens (including phenoxy) is 2. The lowest BCUT2D eigenvalue weighted by Crippen LogP contribution is -2.55. The number of carboxylic acid groups (broad SMARTS) is 1. The molecule has 43 heavy (non-hydrogen) atoms. The summed E-state index contributed by atoms with van der Waals surface area (Å²) in [7, 11) is 1.59. The van der Waals surface area contributed by atoms with Crippen molar-refractivity contribution in [3.63, 3.8) is 0 Å². The number of methoxy groups -OCH3 is 1. The van der Waals surface area contributed by atoms with E-state index in [9.17, 15) is 28.3 Å². The van der Waals surface area contributed by atoms with Crippen molar-refractivity contribution in [2.75, 3.05) is 58.3 Å². The lowest BCUT2D eigenvalue weighted by Gasteiger charge is -2.37. The fraction of sp³-hybridized carbons (Fsp3) is 0.733. The molecule has 0 bridgehead atoms. The van der Waals surface area contributed by atoms with Gasteiger partial charge in [-0.15, -0.1) is 0 Å². The summed E-state index contributed by atoms with van der Waals surface area (Å²) < 4.78 is 39.4. The standard InChI is InChI=1S/C30H47F2N5O6/c1-29(2,3)43-28(41)37-19-22(18-30(31,32)20-37)26(38)35-24(27(39)40)12-15-36(16-17-42-4)14-6-5-9-23-11-10-21-8-7-13-33-25(21)34-23/h10-11,22,24H,5-9,12-20H2,1-4H3,(H,33,34)(H,35,38)(H,39,40). The number of aromatic nitrogens is 1. The number of likely N-dealkylation sites (tertiary alicyclic amines) is 1. The highest BCUT2D eigenvalue weighted by molar-refractivity contribution is 5.85. The van der Waals surface area contributed by atoms with Crippen LogP contribution < -0.4 is 10.6 Å². The summed E-state index contributed by atoms with van der Waals surface area (Å²) in [6, 6.07) is 2.94. The van der Waals surface area contributed by atoms with Gasteiger partial charge >= 0.3 is 12.1 Å². The molecule has 1 saturated heterocycles. The first kappa shape index (κ1) is 34.4. The number of hydrogen-bond acceptors (Lipinski definition) is 8. The fourth-order valence-electron chi connectivity index (χ4n) is 5.30. The predicted octanol–water partition coefficient (Wildman–Crippen LogP) is 3.56. The highest BCUT2D eigenvalue weighted by atomic mass is 19.3. The molecule has 1 fully saturated rings. The topological polar surface area (TPSA) is 133 Å². The molecule has 2 aliphatic rings. The van der Waals surface area contributed by atoms with Crippen LogP contribution in [0.3, 0.4) is 0 Å². The number of nitrogens with one attached hydrogen (secondary N) is 2. The zero-order chi connectivity index (χ0) is 31.6. The molecule has 3 rings (SSSR count). The van der Waals surface area contributed by atoms with Crippen LogP contribution in [0, 0.1) is 5.92 Å². The third-order valence-electron chi connectivity index (χ3n) is 7.50. The van der Waals surface area contributed by atoms with E-state index in [1.807, 2.05) is 0 Å². The number of nitrogens with zero attached hydrogens (tertiary/aromatic N) is 3. The second-order valence-corrected chi connectivity index (χ2v) is 12.4. The summed E-state index contributed by atoms with van der Waals surface area (Å²) >= 11 is 0. The van der Waals surface area contributed by atoms with E-state index in [1.54, 1.807) is 27.9 Å². The van der Waals surface area contributed by atoms with E-state index < -0.39 is 54.4 Å². The number of aryl methyl sites for hydroxylation is 2. The van der Waals surface area contributed by atoms with Crippen molar-refractivity contribution in [2.24, 2.45) is 5.92 Å². The summed E-state index contributed by atoms with van der Waals surface area (Å²) in [4.78, 5) is 45.1. The maximum absolute atomic E-state index is 14.5. The number of pyridine rings is 1. The van der Waals surface area contributed by atoms with Crippen LogP contribution in [0.25, 0.3) is 0 Å². The van der Waals surface area contributed by atoms with Crippen LogP contribution in [-0.4, -0.2) is 108 Å². The van der Waals surface area contributed by atoms with E-state index >= 15 is 0 Å². The summed E-state index contributed by atoms with van der Waals surface area (Å²) in [5.41, 5.74) is 1.39. The van der Waals surface area contributed by atoms with Crippen molar-refractivity contribution in [3.05, 3.63) is 23.4 Å². The molecule has 0 radical (unpaired) electrons. The Kier molecular flexibility index (Phi) is 12.5. The Bertz CT molecular complexity index is 1100. The van der Waals surface area contributed by atoms with Gasteiger partial charge in [0.2, 0.25) is 5.91 Å². The largest absolute Gasteiger partial charge is 0.480 e. The molecular formula is C30H47F2N5O6. The van der Waals surface area contributed by atoms with E-state index in [-0.39, 0.29) is 13.0 Å². The number of alkyl halides is 2. The van der Waals surface area contributed by atoms with Gasteiger partial charge in [0.05, 0.1) is 19.1 Å². The number of carbonyl (C=O) groups is 3. The molecule has 2 unspecified atom stereocenters. The average molecular weight is 612 g/mol. The van der Waals surface area contributed by atoms with E-state index in [0.717, 1.165) is 55.1 Å². The molecule has 0 saturated carbocycles.